The van der Waals surface area contributed by atoms with E-state index in [4.69, 9.17) is 4.74 Å². The molecular formula is C23H26N4O6S. The van der Waals surface area contributed by atoms with E-state index in [0.717, 1.165) is 11.3 Å². The highest BCUT2D eigenvalue weighted by atomic mass is 32.3. The van der Waals surface area contributed by atoms with Gasteiger partial charge in [-0.05, 0) is 29.8 Å². The lowest BCUT2D eigenvalue weighted by Gasteiger charge is -2.43. The minimum Gasteiger partial charge on any atom is -0.379 e. The fourth-order valence-corrected chi connectivity index (χ4v) is 6.22. The largest absolute Gasteiger partial charge is 0.379 e. The molecule has 0 bridgehead atoms. The number of nitrogens with zero attached hydrogens (tertiary/aromatic N) is 1. The number of anilines is 1. The predicted molar refractivity (Wildman–Crippen MR) is 126 cm³/mol. The van der Waals surface area contributed by atoms with Crippen LogP contribution in [0, 0.1) is 0 Å². The third kappa shape index (κ3) is 4.00. The number of fused-ring (bicyclic) bond motifs is 1. The van der Waals surface area contributed by atoms with Gasteiger partial charge in [-0.1, -0.05) is 24.3 Å². The molecule has 34 heavy (non-hydrogen) atoms. The maximum Gasteiger partial charge on any atom is 0.322 e. The molecule has 0 radical (unpaired) electrons. The maximum absolute atomic E-state index is 12.9. The average Bonchev–Trinajstić information content (AvgIpc) is 3.11. The van der Waals surface area contributed by atoms with Crippen molar-refractivity contribution in [2.45, 2.75) is 29.4 Å². The molecular weight excluding hydrogens is 460 g/mol. The Hall–Kier alpha value is -3.12. The normalized spacial score (nSPS) is 26.4. The van der Waals surface area contributed by atoms with E-state index in [1.165, 1.54) is 0 Å². The molecule has 0 aliphatic carbocycles. The van der Waals surface area contributed by atoms with Crippen LogP contribution in [0.15, 0.2) is 53.4 Å². The summed E-state index contributed by atoms with van der Waals surface area (Å²) >= 11 is 0. The first-order valence-corrected chi connectivity index (χ1v) is 12.7. The van der Waals surface area contributed by atoms with Gasteiger partial charge < -0.3 is 20.3 Å². The van der Waals surface area contributed by atoms with Crippen molar-refractivity contribution in [3.63, 3.8) is 0 Å². The van der Waals surface area contributed by atoms with Crippen LogP contribution in [0.5, 0.6) is 0 Å². The number of benzene rings is 2. The highest BCUT2D eigenvalue weighted by molar-refractivity contribution is 8.24. The van der Waals surface area contributed by atoms with Crippen molar-refractivity contribution in [2.24, 2.45) is 0 Å². The smallest absolute Gasteiger partial charge is 0.322 e. The monoisotopic (exact) mass is 486 g/mol. The molecule has 4 amide bonds. The molecule has 5 N–H and O–H groups in total. The Bertz CT molecular complexity index is 1140. The molecule has 180 valence electrons. The molecule has 3 aliphatic heterocycles. The molecule has 2 unspecified atom stereocenters. The second-order valence-corrected chi connectivity index (χ2v) is 10.9. The van der Waals surface area contributed by atoms with Gasteiger partial charge in [0.25, 0.3) is 11.8 Å². The topological polar surface area (TPSA) is 140 Å². The summed E-state index contributed by atoms with van der Waals surface area (Å²) in [6.45, 7) is 1.49. The third-order valence-corrected chi connectivity index (χ3v) is 8.39. The van der Waals surface area contributed by atoms with Gasteiger partial charge in [0.15, 0.2) is 0 Å². The minimum absolute atomic E-state index is 0.116. The molecule has 2 aromatic carbocycles. The number of para-hydroxylation sites is 1. The lowest BCUT2D eigenvalue weighted by molar-refractivity contribution is -0.128. The Morgan fingerprint density at radius 1 is 1.18 bits per heavy atom. The van der Waals surface area contributed by atoms with Gasteiger partial charge in [-0.25, -0.2) is 4.79 Å². The first-order valence-electron chi connectivity index (χ1n) is 11.0. The van der Waals surface area contributed by atoms with E-state index in [1.807, 2.05) is 24.3 Å². The zero-order valence-electron chi connectivity index (χ0n) is 18.3. The summed E-state index contributed by atoms with van der Waals surface area (Å²) < 4.78 is 26.2. The van der Waals surface area contributed by atoms with Crippen LogP contribution in [0.25, 0.3) is 0 Å². The number of amides is 4. The molecule has 2 aromatic rings. The molecule has 0 saturated carbocycles. The number of rotatable bonds is 4. The van der Waals surface area contributed by atoms with Crippen molar-refractivity contribution in [2.75, 3.05) is 30.4 Å². The molecule has 10 nitrogen and oxygen atoms in total. The number of carbonyl (C=O) groups is 3. The molecule has 2 atom stereocenters. The summed E-state index contributed by atoms with van der Waals surface area (Å²) in [6, 6.07) is 13.1. The number of imide groups is 1. The Morgan fingerprint density at radius 2 is 1.94 bits per heavy atom. The van der Waals surface area contributed by atoms with Crippen LogP contribution in [-0.2, 0) is 16.1 Å². The molecule has 2 fully saturated rings. The zero-order chi connectivity index (χ0) is 23.9. The van der Waals surface area contributed by atoms with Crippen molar-refractivity contribution < 1.29 is 28.2 Å². The van der Waals surface area contributed by atoms with Crippen LogP contribution >= 0.6 is 10.6 Å². The van der Waals surface area contributed by atoms with E-state index in [1.54, 1.807) is 24.3 Å². The van der Waals surface area contributed by atoms with Gasteiger partial charge in [-0.2, -0.15) is 10.6 Å². The number of carbonyl (C=O) groups excluding carboxylic acids is 3. The van der Waals surface area contributed by atoms with Crippen LogP contribution in [0.3, 0.4) is 0 Å². The number of hydrogen-bond donors (Lipinski definition) is 5. The van der Waals surface area contributed by atoms with Crippen molar-refractivity contribution in [3.05, 3.63) is 59.7 Å². The molecule has 5 rings (SSSR count). The first kappa shape index (κ1) is 22.7. The average molecular weight is 487 g/mol. The van der Waals surface area contributed by atoms with E-state index in [9.17, 15) is 23.5 Å². The number of ether oxygens (including phenoxy) is 1. The Balaban J connectivity index is 1.28. The van der Waals surface area contributed by atoms with E-state index in [0.29, 0.717) is 30.2 Å². The molecule has 2 saturated heterocycles. The van der Waals surface area contributed by atoms with Crippen molar-refractivity contribution in [1.29, 1.82) is 0 Å². The highest BCUT2D eigenvalue weighted by Crippen LogP contribution is 2.55. The van der Waals surface area contributed by atoms with Gasteiger partial charge in [-0.15, -0.1) is 0 Å². The Kier molecular flexibility index (Phi) is 5.72. The standard InChI is InChI=1S/C23H26N4O6S/c28-20(24-19-14-33-11-9-23(19)21(29)25-22(30)26-23)16-7-5-15(6-8-16)13-27-10-12-34(31,32)18-4-2-1-3-17(18)27/h1-8,19,31-32H,9-14H2,(H,24,28)(H2,25,26,29,30). The Labute approximate surface area is 198 Å². The summed E-state index contributed by atoms with van der Waals surface area (Å²) in [5.41, 5.74) is 0.977. The zero-order valence-corrected chi connectivity index (χ0v) is 19.1. The van der Waals surface area contributed by atoms with E-state index in [2.05, 4.69) is 20.9 Å². The van der Waals surface area contributed by atoms with Crippen LogP contribution in [0.4, 0.5) is 10.5 Å². The summed E-state index contributed by atoms with van der Waals surface area (Å²) in [5.74, 6) is -0.549. The van der Waals surface area contributed by atoms with Gasteiger partial charge in [0.2, 0.25) is 0 Å². The van der Waals surface area contributed by atoms with Gasteiger partial charge >= 0.3 is 6.03 Å². The summed E-state index contributed by atoms with van der Waals surface area (Å²) in [5, 5.41) is 7.75. The molecule has 11 heteroatoms. The van der Waals surface area contributed by atoms with Gasteiger partial charge in [0.05, 0.1) is 29.0 Å². The minimum atomic E-state index is -2.78. The number of hydrogen-bond acceptors (Lipinski definition) is 7. The second-order valence-electron chi connectivity index (χ2n) is 8.69. The second kappa shape index (κ2) is 8.58. The SMILES string of the molecule is O=C1NC(=O)C2(CCOCC2NC(=O)c2ccc(CN3CCS(O)(O)c4ccccc43)cc2)N1. The Morgan fingerprint density at radius 3 is 2.68 bits per heavy atom. The first-order chi connectivity index (χ1) is 16.3. The maximum atomic E-state index is 12.9. The third-order valence-electron chi connectivity index (χ3n) is 6.59. The van der Waals surface area contributed by atoms with E-state index in [-0.39, 0.29) is 24.7 Å². The predicted octanol–water partition coefficient (Wildman–Crippen LogP) is 1.91. The summed E-state index contributed by atoms with van der Waals surface area (Å²) in [4.78, 5) is 39.7. The van der Waals surface area contributed by atoms with Gasteiger partial charge in [0.1, 0.15) is 5.54 Å². The van der Waals surface area contributed by atoms with Crippen LogP contribution < -0.4 is 20.9 Å². The van der Waals surface area contributed by atoms with Crippen LogP contribution in [0.2, 0.25) is 0 Å². The van der Waals surface area contributed by atoms with Crippen molar-refractivity contribution in [1.82, 2.24) is 16.0 Å². The van der Waals surface area contributed by atoms with Crippen LogP contribution in [0.1, 0.15) is 22.3 Å². The van der Waals surface area contributed by atoms with E-state index < -0.39 is 34.1 Å². The molecule has 3 aliphatic rings. The van der Waals surface area contributed by atoms with Crippen molar-refractivity contribution in [3.8, 4) is 0 Å². The number of urea groups is 1. The summed E-state index contributed by atoms with van der Waals surface area (Å²) in [7, 11) is -2.78. The van der Waals surface area contributed by atoms with E-state index >= 15 is 0 Å². The van der Waals surface area contributed by atoms with Gasteiger partial charge in [0, 0.05) is 31.7 Å². The molecule has 3 heterocycles. The van der Waals surface area contributed by atoms with Crippen molar-refractivity contribution >= 4 is 34.1 Å². The van der Waals surface area contributed by atoms with Crippen LogP contribution in [-0.4, -0.2) is 64.0 Å². The fourth-order valence-electron chi connectivity index (χ4n) is 4.69. The fraction of sp³-hybridized carbons (Fsp3) is 0.348. The highest BCUT2D eigenvalue weighted by Gasteiger charge is 2.54. The number of nitrogens with one attached hydrogen (secondary N) is 3. The molecule has 0 aromatic heterocycles. The lowest BCUT2D eigenvalue weighted by atomic mass is 9.85. The summed E-state index contributed by atoms with van der Waals surface area (Å²) in [6.07, 6.45) is 0.274. The lowest BCUT2D eigenvalue weighted by Crippen LogP contribution is -2.66. The quantitative estimate of drug-likeness (QED) is 0.416. The molecule has 1 spiro atoms. The van der Waals surface area contributed by atoms with Gasteiger partial charge in [-0.3, -0.25) is 24.0 Å².